The van der Waals surface area contributed by atoms with Crippen LogP contribution < -0.4 is 10.1 Å². The van der Waals surface area contributed by atoms with Gasteiger partial charge in [-0.25, -0.2) is 4.68 Å². The number of carbonyl (C=O) groups excluding carboxylic acids is 1. The van der Waals surface area contributed by atoms with Crippen molar-refractivity contribution in [3.8, 4) is 5.75 Å². The van der Waals surface area contributed by atoms with Crippen LogP contribution in [-0.2, 0) is 4.79 Å². The number of ether oxygens (including phenoxy) is 1. The van der Waals surface area contributed by atoms with Crippen LogP contribution in [0.4, 0.5) is 5.82 Å². The van der Waals surface area contributed by atoms with E-state index < -0.39 is 0 Å². The van der Waals surface area contributed by atoms with Gasteiger partial charge >= 0.3 is 0 Å². The lowest BCUT2D eigenvalue weighted by Crippen LogP contribution is -2.19. The Hall–Kier alpha value is -1.95. The summed E-state index contributed by atoms with van der Waals surface area (Å²) in [4.78, 5) is 13.2. The van der Waals surface area contributed by atoms with E-state index in [0.717, 1.165) is 29.3 Å². The van der Waals surface area contributed by atoms with Gasteiger partial charge in [-0.1, -0.05) is 25.0 Å². The lowest BCUT2D eigenvalue weighted by atomic mass is 10.2. The van der Waals surface area contributed by atoms with Gasteiger partial charge < -0.3 is 10.1 Å². The molecule has 1 aromatic carbocycles. The molecule has 0 bridgehead atoms. The molecular weight excluding hydrogens is 310 g/mol. The SMILES string of the molecule is COc1ccccc1SCC(=O)Nc1ccnn1C1CCCC1. The van der Waals surface area contributed by atoms with Crippen LogP contribution in [-0.4, -0.2) is 28.6 Å². The predicted molar refractivity (Wildman–Crippen MR) is 92.1 cm³/mol. The fourth-order valence-electron chi connectivity index (χ4n) is 2.91. The summed E-state index contributed by atoms with van der Waals surface area (Å²) < 4.78 is 7.26. The molecule has 1 aliphatic carbocycles. The zero-order chi connectivity index (χ0) is 16.1. The molecule has 0 atom stereocenters. The smallest absolute Gasteiger partial charge is 0.235 e. The van der Waals surface area contributed by atoms with Crippen LogP contribution in [0, 0.1) is 0 Å². The highest BCUT2D eigenvalue weighted by Crippen LogP contribution is 2.32. The fourth-order valence-corrected chi connectivity index (χ4v) is 3.74. The topological polar surface area (TPSA) is 56.1 Å². The third kappa shape index (κ3) is 3.88. The van der Waals surface area contributed by atoms with Crippen molar-refractivity contribution >= 4 is 23.5 Å². The van der Waals surface area contributed by atoms with E-state index in [9.17, 15) is 4.79 Å². The number of thioether (sulfide) groups is 1. The van der Waals surface area contributed by atoms with Gasteiger partial charge in [0.25, 0.3) is 0 Å². The third-order valence-corrected chi connectivity index (χ3v) is 5.09. The molecule has 1 amide bonds. The van der Waals surface area contributed by atoms with Gasteiger partial charge in [0.05, 0.1) is 25.1 Å². The van der Waals surface area contributed by atoms with Gasteiger partial charge in [0, 0.05) is 11.0 Å². The lowest BCUT2D eigenvalue weighted by Gasteiger charge is -2.14. The number of aromatic nitrogens is 2. The first-order valence-electron chi connectivity index (χ1n) is 7.87. The van der Waals surface area contributed by atoms with Gasteiger partial charge in [-0.3, -0.25) is 4.79 Å². The average Bonchev–Trinajstić information content (AvgIpc) is 3.24. The molecule has 0 spiro atoms. The molecule has 6 heteroatoms. The largest absolute Gasteiger partial charge is 0.496 e. The van der Waals surface area contributed by atoms with Crippen molar-refractivity contribution in [1.82, 2.24) is 9.78 Å². The standard InChI is InChI=1S/C17H21N3O2S/c1-22-14-8-4-5-9-15(14)23-12-17(21)19-16-10-11-18-20(16)13-6-2-3-7-13/h4-5,8-11,13H,2-3,6-7,12H2,1H3,(H,19,21). The quantitative estimate of drug-likeness (QED) is 0.819. The Morgan fingerprint density at radius 3 is 2.91 bits per heavy atom. The van der Waals surface area contributed by atoms with E-state index in [4.69, 9.17) is 4.74 Å². The van der Waals surface area contributed by atoms with Crippen molar-refractivity contribution < 1.29 is 9.53 Å². The van der Waals surface area contributed by atoms with E-state index in [2.05, 4.69) is 10.4 Å². The van der Waals surface area contributed by atoms with Crippen molar-refractivity contribution in [2.24, 2.45) is 0 Å². The van der Waals surface area contributed by atoms with E-state index in [1.165, 1.54) is 24.6 Å². The number of amides is 1. The second kappa shape index (κ2) is 7.55. The minimum atomic E-state index is -0.0272. The Kier molecular flexibility index (Phi) is 5.23. The van der Waals surface area contributed by atoms with Crippen molar-refractivity contribution in [2.75, 3.05) is 18.2 Å². The zero-order valence-electron chi connectivity index (χ0n) is 13.2. The molecular formula is C17H21N3O2S. The molecule has 1 fully saturated rings. The highest BCUT2D eigenvalue weighted by Gasteiger charge is 2.20. The monoisotopic (exact) mass is 331 g/mol. The number of methoxy groups -OCH3 is 1. The van der Waals surface area contributed by atoms with Crippen LogP contribution in [0.25, 0.3) is 0 Å². The third-order valence-electron chi connectivity index (χ3n) is 4.04. The van der Waals surface area contributed by atoms with Gasteiger partial charge in [0.1, 0.15) is 11.6 Å². The summed E-state index contributed by atoms with van der Waals surface area (Å²) in [6.45, 7) is 0. The first kappa shape index (κ1) is 15.9. The summed E-state index contributed by atoms with van der Waals surface area (Å²) in [5.41, 5.74) is 0. The summed E-state index contributed by atoms with van der Waals surface area (Å²) in [6, 6.07) is 10.0. The Morgan fingerprint density at radius 2 is 2.13 bits per heavy atom. The Balaban J connectivity index is 1.58. The molecule has 1 N–H and O–H groups in total. The van der Waals surface area contributed by atoms with E-state index >= 15 is 0 Å². The van der Waals surface area contributed by atoms with Gasteiger partial charge in [0.2, 0.25) is 5.91 Å². The molecule has 122 valence electrons. The number of hydrogen-bond acceptors (Lipinski definition) is 4. The number of rotatable bonds is 6. The van der Waals surface area contributed by atoms with Gasteiger partial charge in [0.15, 0.2) is 0 Å². The Morgan fingerprint density at radius 1 is 1.35 bits per heavy atom. The number of nitrogens with zero attached hydrogens (tertiary/aromatic N) is 2. The Labute approximate surface area is 140 Å². The molecule has 0 unspecified atom stereocenters. The summed E-state index contributed by atoms with van der Waals surface area (Å²) in [5, 5.41) is 7.35. The molecule has 0 aliphatic heterocycles. The summed E-state index contributed by atoms with van der Waals surface area (Å²) >= 11 is 1.47. The second-order valence-corrected chi connectivity index (χ2v) is 6.60. The van der Waals surface area contributed by atoms with E-state index in [1.807, 2.05) is 35.0 Å². The molecule has 0 radical (unpaired) electrons. The summed E-state index contributed by atoms with van der Waals surface area (Å²) in [6.07, 6.45) is 6.51. The van der Waals surface area contributed by atoms with E-state index in [-0.39, 0.29) is 5.91 Å². The predicted octanol–water partition coefficient (Wildman–Crippen LogP) is 3.74. The number of para-hydroxylation sites is 1. The maximum absolute atomic E-state index is 12.2. The minimum Gasteiger partial charge on any atom is -0.496 e. The molecule has 3 rings (SSSR count). The molecule has 1 heterocycles. The van der Waals surface area contributed by atoms with Crippen LogP contribution in [0.3, 0.4) is 0 Å². The number of nitrogens with one attached hydrogen (secondary N) is 1. The molecule has 1 aliphatic rings. The van der Waals surface area contributed by atoms with Crippen LogP contribution in [0.5, 0.6) is 5.75 Å². The molecule has 5 nitrogen and oxygen atoms in total. The van der Waals surface area contributed by atoms with Gasteiger partial charge in [-0.2, -0.15) is 5.10 Å². The molecule has 0 saturated heterocycles. The van der Waals surface area contributed by atoms with Crippen molar-refractivity contribution in [2.45, 2.75) is 36.6 Å². The van der Waals surface area contributed by atoms with E-state index in [0.29, 0.717) is 11.8 Å². The van der Waals surface area contributed by atoms with Crippen LogP contribution in [0.2, 0.25) is 0 Å². The molecule has 23 heavy (non-hydrogen) atoms. The molecule has 1 aromatic heterocycles. The first-order chi connectivity index (χ1) is 11.3. The minimum absolute atomic E-state index is 0.0272. The summed E-state index contributed by atoms with van der Waals surface area (Å²) in [7, 11) is 1.64. The number of carbonyl (C=O) groups is 1. The highest BCUT2D eigenvalue weighted by molar-refractivity contribution is 8.00. The second-order valence-electron chi connectivity index (χ2n) is 5.59. The van der Waals surface area contributed by atoms with Gasteiger partial charge in [-0.05, 0) is 25.0 Å². The number of hydrogen-bond donors (Lipinski definition) is 1. The summed E-state index contributed by atoms with van der Waals surface area (Å²) in [5.74, 6) is 1.90. The first-order valence-corrected chi connectivity index (χ1v) is 8.85. The number of anilines is 1. The van der Waals surface area contributed by atoms with Crippen molar-refractivity contribution in [1.29, 1.82) is 0 Å². The van der Waals surface area contributed by atoms with Crippen molar-refractivity contribution in [3.63, 3.8) is 0 Å². The zero-order valence-corrected chi connectivity index (χ0v) is 14.0. The maximum atomic E-state index is 12.2. The van der Waals surface area contributed by atoms with Crippen molar-refractivity contribution in [3.05, 3.63) is 36.5 Å². The normalized spacial score (nSPS) is 14.8. The average molecular weight is 331 g/mol. The maximum Gasteiger partial charge on any atom is 0.235 e. The molecule has 2 aromatic rings. The van der Waals surface area contributed by atoms with Crippen LogP contribution in [0.1, 0.15) is 31.7 Å². The number of benzene rings is 1. The van der Waals surface area contributed by atoms with E-state index in [1.54, 1.807) is 13.3 Å². The van der Waals surface area contributed by atoms with Crippen LogP contribution >= 0.6 is 11.8 Å². The fraction of sp³-hybridized carbons (Fsp3) is 0.412. The Bertz CT molecular complexity index is 665. The van der Waals surface area contributed by atoms with Gasteiger partial charge in [-0.15, -0.1) is 11.8 Å². The molecule has 1 saturated carbocycles. The highest BCUT2D eigenvalue weighted by atomic mass is 32.2. The lowest BCUT2D eigenvalue weighted by molar-refractivity contribution is -0.113. The van der Waals surface area contributed by atoms with Crippen LogP contribution in [0.15, 0.2) is 41.4 Å².